The third kappa shape index (κ3) is 2.92. The number of hydrogen-bond donors (Lipinski definition) is 1. The van der Waals surface area contributed by atoms with Gasteiger partial charge in [0.15, 0.2) is 0 Å². The second-order valence-corrected chi connectivity index (χ2v) is 8.16. The number of aliphatic hydroxyl groups is 1. The van der Waals surface area contributed by atoms with Gasteiger partial charge in [0.2, 0.25) is 0 Å². The molecule has 12 heteroatoms. The van der Waals surface area contributed by atoms with Gasteiger partial charge in [-0.15, -0.1) is 0 Å². The van der Waals surface area contributed by atoms with Crippen molar-refractivity contribution in [1.82, 2.24) is 0 Å². The molecular formula is C14H11F7O4S. The van der Waals surface area contributed by atoms with Gasteiger partial charge in [-0.25, -0.2) is 26.0 Å². The van der Waals surface area contributed by atoms with Gasteiger partial charge >= 0.3 is 5.51 Å². The lowest BCUT2D eigenvalue weighted by Crippen LogP contribution is -2.43. The standard InChI is InChI=1S/C14H11F7O4S/c15-12(16)3-6(4-12)25-8-1-2-9(26(23,24)14(19,20)21)10-7(8)5-13(17,18)11(10)22/h1-2,6,11,22H,3-5H2/t11-/m0/s1. The molecule has 2 aliphatic carbocycles. The third-order valence-corrected chi connectivity index (χ3v) is 5.84. The quantitative estimate of drug-likeness (QED) is 0.779. The minimum Gasteiger partial charge on any atom is -0.490 e. The normalized spacial score (nSPS) is 24.8. The first-order chi connectivity index (χ1) is 11.7. The molecule has 1 aromatic rings. The van der Waals surface area contributed by atoms with Crippen LogP contribution in [0.3, 0.4) is 0 Å². The van der Waals surface area contributed by atoms with Crippen LogP contribution in [0, 0.1) is 0 Å². The van der Waals surface area contributed by atoms with Gasteiger partial charge in [0.25, 0.3) is 21.7 Å². The molecule has 0 amide bonds. The van der Waals surface area contributed by atoms with E-state index >= 15 is 0 Å². The van der Waals surface area contributed by atoms with Crippen LogP contribution in [0.4, 0.5) is 30.7 Å². The van der Waals surface area contributed by atoms with Gasteiger partial charge in [-0.3, -0.25) is 0 Å². The molecule has 0 radical (unpaired) electrons. The van der Waals surface area contributed by atoms with E-state index < -0.39 is 80.4 Å². The molecule has 4 nitrogen and oxygen atoms in total. The summed E-state index contributed by atoms with van der Waals surface area (Å²) in [5, 5.41) is 9.67. The fraction of sp³-hybridized carbons (Fsp3) is 0.571. The summed E-state index contributed by atoms with van der Waals surface area (Å²) < 4.78 is 120. The molecule has 146 valence electrons. The highest BCUT2D eigenvalue weighted by Crippen LogP contribution is 2.51. The molecule has 0 spiro atoms. The van der Waals surface area contributed by atoms with Crippen LogP contribution in [0.2, 0.25) is 0 Å². The Kier molecular flexibility index (Phi) is 4.04. The summed E-state index contributed by atoms with van der Waals surface area (Å²) in [6.45, 7) is 0. The Hall–Kier alpha value is -1.56. The molecule has 0 heterocycles. The predicted molar refractivity (Wildman–Crippen MR) is 71.9 cm³/mol. The van der Waals surface area contributed by atoms with Gasteiger partial charge < -0.3 is 9.84 Å². The molecule has 0 aromatic heterocycles. The first kappa shape index (κ1) is 19.2. The summed E-state index contributed by atoms with van der Waals surface area (Å²) >= 11 is 0. The maximum Gasteiger partial charge on any atom is 0.501 e. The number of halogens is 7. The topological polar surface area (TPSA) is 63.6 Å². The Bertz CT molecular complexity index is 840. The molecule has 0 unspecified atom stereocenters. The van der Waals surface area contributed by atoms with Crippen LogP contribution in [-0.2, 0) is 16.3 Å². The number of alkyl halides is 7. The lowest BCUT2D eigenvalue weighted by atomic mass is 9.91. The van der Waals surface area contributed by atoms with E-state index in [-0.39, 0.29) is 0 Å². The van der Waals surface area contributed by atoms with Gasteiger partial charge in [-0.2, -0.15) is 13.2 Å². The van der Waals surface area contributed by atoms with Crippen molar-refractivity contribution < 1.29 is 49.0 Å². The number of rotatable bonds is 3. The number of hydrogen-bond acceptors (Lipinski definition) is 4. The Labute approximate surface area is 142 Å². The van der Waals surface area contributed by atoms with Crippen LogP contribution >= 0.6 is 0 Å². The zero-order valence-corrected chi connectivity index (χ0v) is 13.5. The summed E-state index contributed by atoms with van der Waals surface area (Å²) in [7, 11) is -6.01. The van der Waals surface area contributed by atoms with E-state index in [1.807, 2.05) is 0 Å². The smallest absolute Gasteiger partial charge is 0.490 e. The first-order valence-corrected chi connectivity index (χ1v) is 8.71. The highest BCUT2D eigenvalue weighted by Gasteiger charge is 2.55. The predicted octanol–water partition coefficient (Wildman–Crippen LogP) is 3.38. The van der Waals surface area contributed by atoms with Crippen molar-refractivity contribution in [3.05, 3.63) is 23.3 Å². The molecule has 1 N–H and O–H groups in total. The Morgan fingerprint density at radius 3 is 2.19 bits per heavy atom. The van der Waals surface area contributed by atoms with Crippen molar-refractivity contribution >= 4 is 9.84 Å². The average Bonchev–Trinajstić information content (AvgIpc) is 2.67. The molecule has 1 aromatic carbocycles. The molecule has 1 fully saturated rings. The third-order valence-electron chi connectivity index (χ3n) is 4.30. The van der Waals surface area contributed by atoms with Crippen molar-refractivity contribution in [2.75, 3.05) is 0 Å². The number of ether oxygens (including phenoxy) is 1. The maximum absolute atomic E-state index is 13.8. The molecule has 1 saturated carbocycles. The molecular weight excluding hydrogens is 397 g/mol. The Balaban J connectivity index is 2.08. The van der Waals surface area contributed by atoms with Gasteiger partial charge in [0, 0.05) is 30.4 Å². The lowest BCUT2D eigenvalue weighted by molar-refractivity contribution is -0.134. The van der Waals surface area contributed by atoms with E-state index in [1.54, 1.807) is 0 Å². The number of fused-ring (bicyclic) bond motifs is 1. The largest absolute Gasteiger partial charge is 0.501 e. The molecule has 2 aliphatic rings. The summed E-state index contributed by atoms with van der Waals surface area (Å²) in [4.78, 5) is -1.50. The van der Waals surface area contributed by atoms with Gasteiger partial charge in [-0.05, 0) is 12.1 Å². The number of sulfone groups is 1. The first-order valence-electron chi connectivity index (χ1n) is 7.23. The molecule has 3 rings (SSSR count). The summed E-state index contributed by atoms with van der Waals surface area (Å²) in [6, 6.07) is 1.10. The monoisotopic (exact) mass is 408 g/mol. The van der Waals surface area contributed by atoms with Gasteiger partial charge in [0.05, 0.1) is 4.90 Å². The fourth-order valence-corrected chi connectivity index (χ4v) is 4.01. The van der Waals surface area contributed by atoms with E-state index in [9.17, 15) is 44.3 Å². The molecule has 0 saturated heterocycles. The van der Waals surface area contributed by atoms with E-state index in [1.165, 1.54) is 0 Å². The van der Waals surface area contributed by atoms with Gasteiger partial charge in [0.1, 0.15) is 18.0 Å². The molecule has 0 bridgehead atoms. The molecule has 26 heavy (non-hydrogen) atoms. The van der Waals surface area contributed by atoms with Crippen LogP contribution in [0.15, 0.2) is 17.0 Å². The fourth-order valence-electron chi connectivity index (χ4n) is 2.99. The summed E-state index contributed by atoms with van der Waals surface area (Å²) in [5.41, 5.74) is -7.52. The second-order valence-electron chi connectivity index (χ2n) is 6.25. The Morgan fingerprint density at radius 1 is 1.12 bits per heavy atom. The summed E-state index contributed by atoms with van der Waals surface area (Å²) in [5.74, 6) is -7.37. The maximum atomic E-state index is 13.8. The minimum atomic E-state index is -6.01. The van der Waals surface area contributed by atoms with Crippen LogP contribution < -0.4 is 4.74 Å². The van der Waals surface area contributed by atoms with Crippen LogP contribution in [0.5, 0.6) is 5.75 Å². The van der Waals surface area contributed by atoms with Crippen LogP contribution in [-0.4, -0.2) is 37.0 Å². The van der Waals surface area contributed by atoms with Crippen molar-refractivity contribution in [3.63, 3.8) is 0 Å². The van der Waals surface area contributed by atoms with E-state index in [0.29, 0.717) is 12.1 Å². The summed E-state index contributed by atoms with van der Waals surface area (Å²) in [6.07, 6.45) is -6.53. The van der Waals surface area contributed by atoms with E-state index in [2.05, 4.69) is 0 Å². The van der Waals surface area contributed by atoms with E-state index in [0.717, 1.165) is 0 Å². The molecule has 0 aliphatic heterocycles. The highest BCUT2D eigenvalue weighted by molar-refractivity contribution is 7.92. The van der Waals surface area contributed by atoms with Crippen molar-refractivity contribution in [2.24, 2.45) is 0 Å². The number of benzene rings is 1. The molecule has 1 atom stereocenters. The van der Waals surface area contributed by atoms with Crippen molar-refractivity contribution in [1.29, 1.82) is 0 Å². The van der Waals surface area contributed by atoms with Crippen molar-refractivity contribution in [3.8, 4) is 5.75 Å². The van der Waals surface area contributed by atoms with E-state index in [4.69, 9.17) is 4.74 Å². The average molecular weight is 408 g/mol. The highest BCUT2D eigenvalue weighted by atomic mass is 32.2. The SMILES string of the molecule is O=S(=O)(c1ccc(OC2CC(F)(F)C2)c2c1[C@H](O)C(F)(F)C2)C(F)(F)F. The lowest BCUT2D eigenvalue weighted by Gasteiger charge is -2.35. The Morgan fingerprint density at radius 2 is 1.69 bits per heavy atom. The van der Waals surface area contributed by atoms with Crippen LogP contribution in [0.25, 0.3) is 0 Å². The second kappa shape index (κ2) is 5.47. The van der Waals surface area contributed by atoms with Gasteiger partial charge in [-0.1, -0.05) is 0 Å². The van der Waals surface area contributed by atoms with Crippen molar-refractivity contribution in [2.45, 2.75) is 53.7 Å². The minimum absolute atomic E-state index is 0.387. The zero-order valence-electron chi connectivity index (χ0n) is 12.7. The number of aliphatic hydroxyl groups excluding tert-OH is 1. The van der Waals surface area contributed by atoms with Crippen LogP contribution in [0.1, 0.15) is 30.1 Å². The zero-order chi connectivity index (χ0) is 19.7.